The van der Waals surface area contributed by atoms with Gasteiger partial charge in [0, 0.05) is 28.2 Å². The van der Waals surface area contributed by atoms with Crippen molar-refractivity contribution in [1.29, 1.82) is 0 Å². The van der Waals surface area contributed by atoms with E-state index in [2.05, 4.69) is 21.3 Å². The lowest BCUT2D eigenvalue weighted by atomic mass is 9.76. The maximum absolute atomic E-state index is 13.5. The van der Waals surface area contributed by atoms with Gasteiger partial charge >= 0.3 is 12.1 Å². The number of aromatic carboxylic acids is 1. The zero-order valence-corrected chi connectivity index (χ0v) is 22.9. The molecule has 1 aliphatic heterocycles. The third kappa shape index (κ3) is 5.99. The molecule has 0 bridgehead atoms. The molecule has 3 aliphatic rings. The van der Waals surface area contributed by atoms with Crippen molar-refractivity contribution in [3.8, 4) is 0 Å². The topological polar surface area (TPSA) is 98.3 Å². The number of hydrogen-bond acceptors (Lipinski definition) is 6. The highest BCUT2D eigenvalue weighted by molar-refractivity contribution is 5.98. The summed E-state index contributed by atoms with van der Waals surface area (Å²) >= 11 is 0. The molecule has 1 unspecified atom stereocenters. The smallest absolute Gasteiger partial charge is 0.416 e. The van der Waals surface area contributed by atoms with Gasteiger partial charge in [0.1, 0.15) is 6.29 Å². The van der Waals surface area contributed by atoms with Gasteiger partial charge in [-0.25, -0.2) is 9.78 Å². The highest BCUT2D eigenvalue weighted by atomic mass is 19.4. The number of anilines is 3. The second-order valence-corrected chi connectivity index (χ2v) is 11.7. The number of benzene rings is 2. The monoisotopic (exact) mass is 567 g/mol. The van der Waals surface area contributed by atoms with Gasteiger partial charge in [-0.15, -0.1) is 0 Å². The van der Waals surface area contributed by atoms with Crippen molar-refractivity contribution in [3.05, 3.63) is 59.2 Å². The van der Waals surface area contributed by atoms with Gasteiger partial charge in [0.2, 0.25) is 0 Å². The van der Waals surface area contributed by atoms with Crippen LogP contribution in [-0.4, -0.2) is 28.4 Å². The molecule has 7 nitrogen and oxygen atoms in total. The molecule has 10 heteroatoms. The summed E-state index contributed by atoms with van der Waals surface area (Å²) in [5, 5.41) is 24.9. The molecule has 218 valence electrons. The van der Waals surface area contributed by atoms with E-state index in [0.29, 0.717) is 17.4 Å². The normalized spacial score (nSPS) is 21.2. The fourth-order valence-corrected chi connectivity index (χ4v) is 6.39. The summed E-state index contributed by atoms with van der Waals surface area (Å²) in [4.78, 5) is 16.7. The summed E-state index contributed by atoms with van der Waals surface area (Å²) in [6, 6.07) is 10.5. The first-order chi connectivity index (χ1) is 19.7. The first-order valence-corrected chi connectivity index (χ1v) is 14.7. The maximum atomic E-state index is 13.5. The predicted octanol–water partition coefficient (Wildman–Crippen LogP) is 7.47. The van der Waals surface area contributed by atoms with Gasteiger partial charge in [0.15, 0.2) is 5.82 Å². The van der Waals surface area contributed by atoms with Crippen LogP contribution in [0, 0.1) is 0 Å². The Hall–Kier alpha value is -3.37. The van der Waals surface area contributed by atoms with Crippen LogP contribution in [0.2, 0.25) is 0 Å². The average Bonchev–Trinajstić information content (AvgIpc) is 3.76. The van der Waals surface area contributed by atoms with E-state index < -0.39 is 23.2 Å². The number of carboxylic acids is 1. The number of fused-ring (bicyclic) bond motifs is 4. The van der Waals surface area contributed by atoms with Crippen molar-refractivity contribution in [2.24, 2.45) is 0 Å². The van der Waals surface area contributed by atoms with Gasteiger partial charge in [-0.05, 0) is 56.0 Å². The number of aromatic nitrogens is 1. The standard InChI is InChI=1S/C31H36F3N5O2/c32-31(33,34)20-9-8-10-22(18-20)35-27-26-25(23-14-11-19(28(40)41)17-24(23)37-27)30(39-29(38-26)36-21-12-13-21)15-6-4-2-1-3-5-7-16-30/h8-11,14,17-18,21,29,36,38-39H,1-7,12-13,15-16H2,(H,35,37)(H,40,41). The number of nitrogens with zero attached hydrogens (tertiary/aromatic N) is 1. The van der Waals surface area contributed by atoms with Crippen LogP contribution < -0.4 is 21.3 Å². The van der Waals surface area contributed by atoms with Crippen LogP contribution in [0.5, 0.6) is 0 Å². The summed E-state index contributed by atoms with van der Waals surface area (Å²) in [5.41, 5.74) is 1.44. The molecule has 1 spiro atoms. The Labute approximate surface area is 237 Å². The predicted molar refractivity (Wildman–Crippen MR) is 153 cm³/mol. The Morgan fingerprint density at radius 1 is 0.976 bits per heavy atom. The summed E-state index contributed by atoms with van der Waals surface area (Å²) in [6.45, 7) is 0. The molecule has 41 heavy (non-hydrogen) atoms. The van der Waals surface area contributed by atoms with Gasteiger partial charge in [0.25, 0.3) is 0 Å². The van der Waals surface area contributed by atoms with E-state index in [1.807, 2.05) is 6.07 Å². The van der Waals surface area contributed by atoms with Crippen LogP contribution >= 0.6 is 0 Å². The van der Waals surface area contributed by atoms with Crippen LogP contribution in [0.3, 0.4) is 0 Å². The number of rotatable bonds is 5. The van der Waals surface area contributed by atoms with Gasteiger partial charge in [-0.2, -0.15) is 13.2 Å². The van der Waals surface area contributed by atoms with E-state index in [9.17, 15) is 23.1 Å². The minimum Gasteiger partial charge on any atom is -0.478 e. The van der Waals surface area contributed by atoms with E-state index in [-0.39, 0.29) is 17.5 Å². The molecule has 2 aliphatic carbocycles. The number of halogens is 3. The van der Waals surface area contributed by atoms with Crippen LogP contribution in [0.25, 0.3) is 10.9 Å². The largest absolute Gasteiger partial charge is 0.478 e. The number of carboxylic acid groups (broad SMARTS) is 1. The number of nitrogens with one attached hydrogen (secondary N) is 4. The highest BCUT2D eigenvalue weighted by Gasteiger charge is 2.43. The Balaban J connectivity index is 1.53. The SMILES string of the molecule is O=C(O)c1ccc2c3c(c(Nc4cccc(C(F)(F)F)c4)nc2c1)NC(NC1CC1)NC31CCCCCCCCC1. The summed E-state index contributed by atoms with van der Waals surface area (Å²) < 4.78 is 40.6. The number of alkyl halides is 3. The Morgan fingerprint density at radius 3 is 2.34 bits per heavy atom. The Kier molecular flexibility index (Phi) is 7.54. The van der Waals surface area contributed by atoms with E-state index in [1.54, 1.807) is 18.2 Å². The molecule has 0 radical (unpaired) electrons. The molecule has 3 aromatic rings. The van der Waals surface area contributed by atoms with Crippen molar-refractivity contribution in [2.45, 2.75) is 94.7 Å². The summed E-state index contributed by atoms with van der Waals surface area (Å²) in [6.07, 6.45) is 7.27. The Morgan fingerprint density at radius 2 is 1.68 bits per heavy atom. The molecule has 1 atom stereocenters. The van der Waals surface area contributed by atoms with Crippen LogP contribution in [-0.2, 0) is 11.7 Å². The first-order valence-electron chi connectivity index (χ1n) is 14.7. The lowest BCUT2D eigenvalue weighted by Gasteiger charge is -2.46. The second kappa shape index (κ2) is 11.1. The molecule has 2 heterocycles. The number of carbonyl (C=O) groups is 1. The Bertz CT molecular complexity index is 1430. The lowest BCUT2D eigenvalue weighted by Crippen LogP contribution is -2.61. The van der Waals surface area contributed by atoms with Crippen molar-refractivity contribution in [2.75, 3.05) is 10.6 Å². The third-order valence-electron chi connectivity index (χ3n) is 8.56. The minimum atomic E-state index is -4.48. The van der Waals surface area contributed by atoms with E-state index in [4.69, 9.17) is 4.98 Å². The fourth-order valence-electron chi connectivity index (χ4n) is 6.39. The van der Waals surface area contributed by atoms with Crippen molar-refractivity contribution in [3.63, 3.8) is 0 Å². The minimum absolute atomic E-state index is 0.111. The molecule has 0 saturated heterocycles. The number of pyridine rings is 1. The molecule has 0 amide bonds. The van der Waals surface area contributed by atoms with Gasteiger partial charge in [0.05, 0.1) is 22.3 Å². The van der Waals surface area contributed by atoms with Crippen molar-refractivity contribution in [1.82, 2.24) is 15.6 Å². The zero-order chi connectivity index (χ0) is 28.6. The zero-order valence-electron chi connectivity index (χ0n) is 22.9. The second-order valence-electron chi connectivity index (χ2n) is 11.7. The number of hydrogen-bond donors (Lipinski definition) is 5. The fraction of sp³-hybridized carbons (Fsp3) is 0.484. The van der Waals surface area contributed by atoms with Crippen LogP contribution in [0.15, 0.2) is 42.5 Å². The highest BCUT2D eigenvalue weighted by Crippen LogP contribution is 2.48. The van der Waals surface area contributed by atoms with E-state index >= 15 is 0 Å². The van der Waals surface area contributed by atoms with Crippen LogP contribution in [0.1, 0.15) is 92.1 Å². The van der Waals surface area contributed by atoms with E-state index in [1.165, 1.54) is 25.3 Å². The van der Waals surface area contributed by atoms with E-state index in [0.717, 1.165) is 80.1 Å². The van der Waals surface area contributed by atoms with Crippen molar-refractivity contribution < 1.29 is 23.1 Å². The van der Waals surface area contributed by atoms with Crippen molar-refractivity contribution >= 4 is 34.1 Å². The molecular weight excluding hydrogens is 531 g/mol. The molecule has 2 aromatic carbocycles. The maximum Gasteiger partial charge on any atom is 0.416 e. The average molecular weight is 568 g/mol. The third-order valence-corrected chi connectivity index (χ3v) is 8.56. The first kappa shape index (κ1) is 27.8. The van der Waals surface area contributed by atoms with Gasteiger partial charge in [-0.3, -0.25) is 10.6 Å². The molecule has 2 saturated carbocycles. The summed E-state index contributed by atoms with van der Waals surface area (Å²) in [7, 11) is 0. The van der Waals surface area contributed by atoms with Gasteiger partial charge in [-0.1, -0.05) is 57.1 Å². The van der Waals surface area contributed by atoms with Crippen LogP contribution in [0.4, 0.5) is 30.4 Å². The molecule has 5 N–H and O–H groups in total. The molecular formula is C31H36F3N5O2. The lowest BCUT2D eigenvalue weighted by molar-refractivity contribution is -0.137. The molecule has 2 fully saturated rings. The summed E-state index contributed by atoms with van der Waals surface area (Å²) in [5.74, 6) is -0.674. The molecule has 1 aromatic heterocycles. The van der Waals surface area contributed by atoms with Gasteiger partial charge < -0.3 is 15.7 Å². The molecule has 6 rings (SSSR count). The quantitative estimate of drug-likeness (QED) is 0.218.